The lowest BCUT2D eigenvalue weighted by Gasteiger charge is -2.08. The minimum Gasteiger partial charge on any atom is -0.457 e. The first-order valence-electron chi connectivity index (χ1n) is 8.24. The van der Waals surface area contributed by atoms with Gasteiger partial charge in [-0.1, -0.05) is 30.3 Å². The van der Waals surface area contributed by atoms with Crippen molar-refractivity contribution in [1.29, 1.82) is 0 Å². The molecule has 136 valence electrons. The quantitative estimate of drug-likeness (QED) is 0.527. The third-order valence-electron chi connectivity index (χ3n) is 3.74. The van der Waals surface area contributed by atoms with Crippen molar-refractivity contribution in [2.24, 2.45) is 0 Å². The molecule has 0 fully saturated rings. The second kappa shape index (κ2) is 8.09. The minimum atomic E-state index is -0.545. The number of aryl methyl sites for hydroxylation is 1. The number of amides is 1. The van der Waals surface area contributed by atoms with E-state index in [1.165, 1.54) is 12.1 Å². The Kier molecular flexibility index (Phi) is 5.41. The number of hydrogen-bond donors (Lipinski definition) is 1. The molecule has 0 bridgehead atoms. The molecule has 0 saturated heterocycles. The fraction of sp³-hybridized carbons (Fsp3) is 0.100. The second-order valence-corrected chi connectivity index (χ2v) is 5.85. The Balaban J connectivity index is 1.61. The van der Waals surface area contributed by atoms with E-state index in [9.17, 15) is 14.9 Å². The molecular weight excluding hydrogens is 346 g/mol. The molecule has 0 saturated carbocycles. The summed E-state index contributed by atoms with van der Waals surface area (Å²) in [5, 5.41) is 13.6. The van der Waals surface area contributed by atoms with Crippen LogP contribution in [0.4, 0.5) is 5.69 Å². The van der Waals surface area contributed by atoms with Crippen molar-refractivity contribution in [1.82, 2.24) is 10.3 Å². The highest BCUT2D eigenvalue weighted by Gasteiger charge is 2.14. The van der Waals surface area contributed by atoms with E-state index < -0.39 is 10.8 Å². The van der Waals surface area contributed by atoms with E-state index in [1.807, 2.05) is 54.6 Å². The molecule has 0 spiro atoms. The first-order valence-corrected chi connectivity index (χ1v) is 8.24. The van der Waals surface area contributed by atoms with Gasteiger partial charge in [-0.25, -0.2) is 4.98 Å². The molecule has 27 heavy (non-hydrogen) atoms. The standard InChI is InChI=1S/C20H17N3O4/c1-14-11-16(23(25)26)12-19(22-14)20(24)21-13-15-7-9-18(10-8-15)27-17-5-3-2-4-6-17/h2-12H,13H2,1H3,(H,21,24). The van der Waals surface area contributed by atoms with E-state index in [0.29, 0.717) is 11.4 Å². The van der Waals surface area contributed by atoms with Crippen LogP contribution in [0.25, 0.3) is 0 Å². The van der Waals surface area contributed by atoms with E-state index in [-0.39, 0.29) is 17.9 Å². The van der Waals surface area contributed by atoms with Gasteiger partial charge in [0.25, 0.3) is 11.6 Å². The summed E-state index contributed by atoms with van der Waals surface area (Å²) in [6, 6.07) is 19.2. The first-order chi connectivity index (χ1) is 13.0. The number of nitrogens with zero attached hydrogens (tertiary/aromatic N) is 2. The topological polar surface area (TPSA) is 94.4 Å². The second-order valence-electron chi connectivity index (χ2n) is 5.85. The van der Waals surface area contributed by atoms with Gasteiger partial charge in [0.15, 0.2) is 0 Å². The van der Waals surface area contributed by atoms with Gasteiger partial charge in [-0.15, -0.1) is 0 Å². The van der Waals surface area contributed by atoms with Crippen molar-refractivity contribution < 1.29 is 14.5 Å². The van der Waals surface area contributed by atoms with Crippen LogP contribution in [0.5, 0.6) is 11.5 Å². The van der Waals surface area contributed by atoms with Crippen LogP contribution >= 0.6 is 0 Å². The van der Waals surface area contributed by atoms with Crippen LogP contribution in [0.2, 0.25) is 0 Å². The number of hydrogen-bond acceptors (Lipinski definition) is 5. The summed E-state index contributed by atoms with van der Waals surface area (Å²) in [5.74, 6) is 0.962. The molecule has 7 heteroatoms. The van der Waals surface area contributed by atoms with Crippen molar-refractivity contribution in [2.75, 3.05) is 0 Å². The van der Waals surface area contributed by atoms with Crippen LogP contribution in [-0.4, -0.2) is 15.8 Å². The lowest BCUT2D eigenvalue weighted by molar-refractivity contribution is -0.385. The predicted octanol–water partition coefficient (Wildman–Crippen LogP) is 4.02. The summed E-state index contributed by atoms with van der Waals surface area (Å²) in [5.41, 5.74) is 1.14. The molecule has 1 N–H and O–H groups in total. The maximum atomic E-state index is 12.2. The van der Waals surface area contributed by atoms with Gasteiger partial charge in [0, 0.05) is 24.4 Å². The Hall–Kier alpha value is -3.74. The van der Waals surface area contributed by atoms with E-state index >= 15 is 0 Å². The number of nitro groups is 1. The third kappa shape index (κ3) is 4.88. The van der Waals surface area contributed by atoms with Crippen molar-refractivity contribution >= 4 is 11.6 Å². The highest BCUT2D eigenvalue weighted by atomic mass is 16.6. The Morgan fingerprint density at radius 3 is 2.41 bits per heavy atom. The molecule has 3 rings (SSSR count). The molecule has 0 aliphatic carbocycles. The highest BCUT2D eigenvalue weighted by Crippen LogP contribution is 2.21. The number of pyridine rings is 1. The van der Waals surface area contributed by atoms with Gasteiger partial charge in [0.1, 0.15) is 17.2 Å². The molecule has 0 aliphatic heterocycles. The number of rotatable bonds is 6. The van der Waals surface area contributed by atoms with Gasteiger partial charge in [-0.05, 0) is 36.8 Å². The summed E-state index contributed by atoms with van der Waals surface area (Å²) in [6.07, 6.45) is 0. The number of carbonyl (C=O) groups is 1. The molecule has 1 amide bonds. The molecule has 0 aliphatic rings. The largest absolute Gasteiger partial charge is 0.457 e. The summed E-state index contributed by atoms with van der Waals surface area (Å²) in [7, 11) is 0. The molecule has 3 aromatic rings. The maximum Gasteiger partial charge on any atom is 0.273 e. The molecule has 0 atom stereocenters. The molecule has 0 radical (unpaired) electrons. The molecule has 7 nitrogen and oxygen atoms in total. The molecule has 2 aromatic carbocycles. The normalized spacial score (nSPS) is 10.3. The summed E-state index contributed by atoms with van der Waals surface area (Å²) in [4.78, 5) is 26.6. The fourth-order valence-corrected chi connectivity index (χ4v) is 2.44. The minimum absolute atomic E-state index is 0.0192. The average Bonchev–Trinajstić information content (AvgIpc) is 2.67. The van der Waals surface area contributed by atoms with E-state index in [0.717, 1.165) is 11.3 Å². The highest BCUT2D eigenvalue weighted by molar-refractivity contribution is 5.92. The van der Waals surface area contributed by atoms with Crippen LogP contribution in [0.3, 0.4) is 0 Å². The molecule has 1 aromatic heterocycles. The lowest BCUT2D eigenvalue weighted by atomic mass is 10.2. The number of benzene rings is 2. The summed E-state index contributed by atoms with van der Waals surface area (Å²) in [6.45, 7) is 1.88. The van der Waals surface area contributed by atoms with Gasteiger partial charge in [0.2, 0.25) is 0 Å². The van der Waals surface area contributed by atoms with Crippen molar-refractivity contribution in [2.45, 2.75) is 13.5 Å². The number of carbonyl (C=O) groups excluding carboxylic acids is 1. The van der Waals surface area contributed by atoms with Crippen LogP contribution in [0.15, 0.2) is 66.7 Å². The van der Waals surface area contributed by atoms with Crippen molar-refractivity contribution in [3.63, 3.8) is 0 Å². The van der Waals surface area contributed by atoms with Gasteiger partial charge >= 0.3 is 0 Å². The zero-order valence-corrected chi connectivity index (χ0v) is 14.6. The smallest absolute Gasteiger partial charge is 0.273 e. The summed E-state index contributed by atoms with van der Waals surface area (Å²) < 4.78 is 5.72. The van der Waals surface area contributed by atoms with Crippen LogP contribution in [-0.2, 0) is 6.54 Å². The van der Waals surface area contributed by atoms with Gasteiger partial charge < -0.3 is 10.1 Å². The number of ether oxygens (including phenoxy) is 1. The van der Waals surface area contributed by atoms with Crippen LogP contribution < -0.4 is 10.1 Å². The zero-order valence-electron chi connectivity index (χ0n) is 14.6. The van der Waals surface area contributed by atoms with Gasteiger partial charge in [-0.2, -0.15) is 0 Å². The average molecular weight is 363 g/mol. The Morgan fingerprint density at radius 2 is 1.74 bits per heavy atom. The lowest BCUT2D eigenvalue weighted by Crippen LogP contribution is -2.24. The number of aromatic nitrogens is 1. The third-order valence-corrected chi connectivity index (χ3v) is 3.74. The monoisotopic (exact) mass is 363 g/mol. The molecule has 1 heterocycles. The summed E-state index contributed by atoms with van der Waals surface area (Å²) >= 11 is 0. The molecular formula is C20H17N3O4. The first kappa shape index (κ1) is 18.1. The van der Waals surface area contributed by atoms with E-state index in [2.05, 4.69) is 10.3 Å². The van der Waals surface area contributed by atoms with Gasteiger partial charge in [0.05, 0.1) is 4.92 Å². The number of para-hydroxylation sites is 1. The SMILES string of the molecule is Cc1cc([N+](=O)[O-])cc(C(=O)NCc2ccc(Oc3ccccc3)cc2)n1. The van der Waals surface area contributed by atoms with E-state index in [1.54, 1.807) is 6.92 Å². The Morgan fingerprint density at radius 1 is 1.07 bits per heavy atom. The van der Waals surface area contributed by atoms with Gasteiger partial charge in [-0.3, -0.25) is 14.9 Å². The Bertz CT molecular complexity index is 957. The van der Waals surface area contributed by atoms with Crippen molar-refractivity contribution in [3.8, 4) is 11.5 Å². The van der Waals surface area contributed by atoms with Crippen LogP contribution in [0, 0.1) is 17.0 Å². The maximum absolute atomic E-state index is 12.2. The molecule has 0 unspecified atom stereocenters. The predicted molar refractivity (Wildman–Crippen MR) is 99.8 cm³/mol. The Labute approximate surface area is 155 Å². The van der Waals surface area contributed by atoms with E-state index in [4.69, 9.17) is 4.74 Å². The zero-order chi connectivity index (χ0) is 19.2. The van der Waals surface area contributed by atoms with Crippen LogP contribution in [0.1, 0.15) is 21.7 Å². The van der Waals surface area contributed by atoms with Crippen molar-refractivity contribution in [3.05, 3.63) is 93.8 Å². The fourth-order valence-electron chi connectivity index (χ4n) is 2.44. The number of nitrogens with one attached hydrogen (secondary N) is 1.